The van der Waals surface area contributed by atoms with Crippen LogP contribution in [-0.2, 0) is 0 Å². The monoisotopic (exact) mass is 234 g/mol. The number of hydrogen-bond acceptors (Lipinski definition) is 6. The summed E-state index contributed by atoms with van der Waals surface area (Å²) in [4.78, 5) is 3.73. The minimum absolute atomic E-state index is 0.266. The van der Waals surface area contributed by atoms with Crippen molar-refractivity contribution < 1.29 is 0 Å². The predicted molar refractivity (Wildman–Crippen MR) is 75.8 cm³/mol. The van der Waals surface area contributed by atoms with Crippen molar-refractivity contribution in [1.29, 1.82) is 0 Å². The van der Waals surface area contributed by atoms with Gasteiger partial charge in [0.1, 0.15) is 5.69 Å². The second-order valence-electron chi connectivity index (χ2n) is 3.84. The molecule has 0 aliphatic heterocycles. The zero-order valence-corrected chi connectivity index (χ0v) is 10.0. The number of allylic oxidation sites excluding steroid dienone is 2. The van der Waals surface area contributed by atoms with Gasteiger partial charge < -0.3 is 28.7 Å². The average Bonchev–Trinajstić information content (AvgIpc) is 2.27. The number of hydrogen-bond donors (Lipinski definition) is 5. The van der Waals surface area contributed by atoms with Crippen LogP contribution in [0.15, 0.2) is 10.7 Å². The first kappa shape index (κ1) is 12.7. The van der Waals surface area contributed by atoms with Gasteiger partial charge in [-0.1, -0.05) is 0 Å². The molecule has 0 amide bonds. The maximum absolute atomic E-state index is 5.93. The lowest BCUT2D eigenvalue weighted by atomic mass is 9.98. The third-order valence-electron chi connectivity index (χ3n) is 2.75. The molecule has 0 atom stereocenters. The summed E-state index contributed by atoms with van der Waals surface area (Å²) in [6, 6.07) is 0. The molecule has 0 bridgehead atoms. The second kappa shape index (κ2) is 4.25. The maximum Gasteiger partial charge on any atom is 0.112 e. The Morgan fingerprint density at radius 3 is 1.65 bits per heavy atom. The molecule has 6 heteroatoms. The molecular weight excluding hydrogens is 216 g/mol. The van der Waals surface area contributed by atoms with Gasteiger partial charge in [-0.15, -0.1) is 0 Å². The van der Waals surface area contributed by atoms with Gasteiger partial charge in [-0.25, -0.2) is 0 Å². The lowest BCUT2D eigenvalue weighted by Gasteiger charge is -2.17. The normalized spacial score (nSPS) is 12.1. The summed E-state index contributed by atoms with van der Waals surface area (Å²) in [5.74, 6) is 0. The molecule has 17 heavy (non-hydrogen) atoms. The molecule has 1 aromatic carbocycles. The first-order chi connectivity index (χ1) is 7.82. The molecule has 0 saturated heterocycles. The van der Waals surface area contributed by atoms with Crippen LogP contribution in [0.5, 0.6) is 0 Å². The summed E-state index contributed by atoms with van der Waals surface area (Å²) in [6.07, 6.45) is 0. The minimum Gasteiger partial charge on any atom is -0.402 e. The average molecular weight is 234 g/mol. The molecule has 0 aliphatic rings. The molecule has 1 aromatic rings. The van der Waals surface area contributed by atoms with E-state index in [-0.39, 0.29) is 11.4 Å². The SMILES string of the molecule is C=Nc1c(N)c(N)c(/C(C)=C(/C)N)c(N)c1N. The molecule has 10 N–H and O–H groups in total. The van der Waals surface area contributed by atoms with Crippen LogP contribution in [0, 0.1) is 0 Å². The van der Waals surface area contributed by atoms with Gasteiger partial charge in [-0.05, 0) is 26.1 Å². The van der Waals surface area contributed by atoms with E-state index in [4.69, 9.17) is 28.7 Å². The quantitative estimate of drug-likeness (QED) is 0.384. The van der Waals surface area contributed by atoms with Crippen LogP contribution in [0.4, 0.5) is 28.4 Å². The zero-order chi connectivity index (χ0) is 13.3. The van der Waals surface area contributed by atoms with Crippen molar-refractivity contribution in [2.24, 2.45) is 10.7 Å². The van der Waals surface area contributed by atoms with Crippen LogP contribution < -0.4 is 28.7 Å². The second-order valence-corrected chi connectivity index (χ2v) is 3.84. The molecule has 6 nitrogen and oxygen atoms in total. The van der Waals surface area contributed by atoms with Crippen molar-refractivity contribution in [2.45, 2.75) is 13.8 Å². The molecule has 0 aliphatic carbocycles. The van der Waals surface area contributed by atoms with E-state index in [2.05, 4.69) is 11.7 Å². The molecule has 0 saturated carbocycles. The molecule has 92 valence electrons. The standard InChI is InChI=1S/C11H18N6/c1-4(5(2)12)6-7(13)9(15)11(17-3)10(16)8(6)14/h3,12-16H2,1-2H3/b5-4-. The van der Waals surface area contributed by atoms with Gasteiger partial charge in [-0.3, -0.25) is 4.99 Å². The number of nitrogens with zero attached hydrogens (tertiary/aromatic N) is 1. The van der Waals surface area contributed by atoms with Gasteiger partial charge in [0.05, 0.1) is 22.7 Å². The lowest BCUT2D eigenvalue weighted by Crippen LogP contribution is -2.09. The fourth-order valence-corrected chi connectivity index (χ4v) is 1.59. The molecule has 0 radical (unpaired) electrons. The Hall–Kier alpha value is -2.37. The van der Waals surface area contributed by atoms with Gasteiger partial charge in [-0.2, -0.15) is 0 Å². The first-order valence-corrected chi connectivity index (χ1v) is 4.98. The van der Waals surface area contributed by atoms with Crippen LogP contribution in [0.1, 0.15) is 19.4 Å². The summed E-state index contributed by atoms with van der Waals surface area (Å²) in [5, 5.41) is 0. The fraction of sp³-hybridized carbons (Fsp3) is 0.182. The van der Waals surface area contributed by atoms with Crippen molar-refractivity contribution in [3.8, 4) is 0 Å². The van der Waals surface area contributed by atoms with E-state index in [0.29, 0.717) is 28.3 Å². The highest BCUT2D eigenvalue weighted by Gasteiger charge is 2.18. The molecular formula is C11H18N6. The van der Waals surface area contributed by atoms with Gasteiger partial charge >= 0.3 is 0 Å². The van der Waals surface area contributed by atoms with E-state index in [1.807, 2.05) is 0 Å². The van der Waals surface area contributed by atoms with Gasteiger partial charge in [0, 0.05) is 11.3 Å². The van der Waals surface area contributed by atoms with Crippen molar-refractivity contribution >= 4 is 40.7 Å². The Bertz CT molecular complexity index is 482. The zero-order valence-electron chi connectivity index (χ0n) is 10.0. The molecule has 1 rings (SSSR count). The van der Waals surface area contributed by atoms with Crippen molar-refractivity contribution in [2.75, 3.05) is 22.9 Å². The maximum atomic E-state index is 5.93. The number of rotatable bonds is 2. The summed E-state index contributed by atoms with van der Waals surface area (Å²) in [5.41, 5.74) is 32.7. The first-order valence-electron chi connectivity index (χ1n) is 4.98. The lowest BCUT2D eigenvalue weighted by molar-refractivity contribution is 1.30. The largest absolute Gasteiger partial charge is 0.402 e. The summed E-state index contributed by atoms with van der Waals surface area (Å²) < 4.78 is 0. The summed E-state index contributed by atoms with van der Waals surface area (Å²) in [6.45, 7) is 6.94. The van der Waals surface area contributed by atoms with E-state index >= 15 is 0 Å². The molecule has 0 fully saturated rings. The smallest absolute Gasteiger partial charge is 0.112 e. The van der Waals surface area contributed by atoms with E-state index < -0.39 is 0 Å². The van der Waals surface area contributed by atoms with Crippen LogP contribution in [0.25, 0.3) is 5.57 Å². The number of anilines is 4. The van der Waals surface area contributed by atoms with Gasteiger partial charge in [0.2, 0.25) is 0 Å². The van der Waals surface area contributed by atoms with E-state index in [0.717, 1.165) is 5.57 Å². The fourth-order valence-electron chi connectivity index (χ4n) is 1.59. The van der Waals surface area contributed by atoms with Crippen LogP contribution in [0.2, 0.25) is 0 Å². The number of aliphatic imine (C=N–C) groups is 1. The molecule has 0 aromatic heterocycles. The summed E-state index contributed by atoms with van der Waals surface area (Å²) in [7, 11) is 0. The number of benzene rings is 1. The van der Waals surface area contributed by atoms with E-state index in [1.165, 1.54) is 0 Å². The Labute approximate surface area is 100 Å². The third kappa shape index (κ3) is 1.84. The molecule has 0 unspecified atom stereocenters. The highest BCUT2D eigenvalue weighted by Crippen LogP contribution is 2.44. The third-order valence-corrected chi connectivity index (χ3v) is 2.75. The number of nitrogens with two attached hydrogens (primary N) is 5. The van der Waals surface area contributed by atoms with E-state index in [1.54, 1.807) is 13.8 Å². The Morgan fingerprint density at radius 1 is 0.941 bits per heavy atom. The van der Waals surface area contributed by atoms with Gasteiger partial charge in [0.25, 0.3) is 0 Å². The Kier molecular flexibility index (Phi) is 3.17. The van der Waals surface area contributed by atoms with Crippen molar-refractivity contribution in [3.63, 3.8) is 0 Å². The highest BCUT2D eigenvalue weighted by molar-refractivity contribution is 6.02. The van der Waals surface area contributed by atoms with Crippen LogP contribution >= 0.6 is 0 Å². The minimum atomic E-state index is 0.266. The van der Waals surface area contributed by atoms with Crippen LogP contribution in [-0.4, -0.2) is 6.72 Å². The van der Waals surface area contributed by atoms with Crippen LogP contribution in [0.3, 0.4) is 0 Å². The topological polar surface area (TPSA) is 142 Å². The molecule has 0 spiro atoms. The number of nitrogen functional groups attached to an aromatic ring is 4. The predicted octanol–water partition coefficient (Wildman–Crippen LogP) is 1.06. The van der Waals surface area contributed by atoms with Crippen molar-refractivity contribution in [1.82, 2.24) is 0 Å². The Balaban J connectivity index is 3.78. The van der Waals surface area contributed by atoms with Gasteiger partial charge in [0.15, 0.2) is 0 Å². The molecule has 0 heterocycles. The Morgan fingerprint density at radius 2 is 1.35 bits per heavy atom. The summed E-state index contributed by atoms with van der Waals surface area (Å²) >= 11 is 0. The van der Waals surface area contributed by atoms with Crippen molar-refractivity contribution in [3.05, 3.63) is 11.3 Å². The highest BCUT2D eigenvalue weighted by atomic mass is 14.9. The van der Waals surface area contributed by atoms with E-state index in [9.17, 15) is 0 Å².